The van der Waals surface area contributed by atoms with Crippen LogP contribution < -0.4 is 20.1 Å². The molecule has 0 atom stereocenters. The summed E-state index contributed by atoms with van der Waals surface area (Å²) in [6.45, 7) is 0.958. The molecule has 0 radical (unpaired) electrons. The summed E-state index contributed by atoms with van der Waals surface area (Å²) in [7, 11) is 0. The number of ether oxygens (including phenoxy) is 2. The van der Waals surface area contributed by atoms with Crippen LogP contribution >= 0.6 is 0 Å². The molecule has 4 rings (SSSR count). The first-order valence-corrected chi connectivity index (χ1v) is 8.82. The van der Waals surface area contributed by atoms with Crippen molar-refractivity contribution in [3.63, 3.8) is 0 Å². The number of amides is 1. The molecule has 3 aromatic rings. The average Bonchev–Trinajstić information content (AvgIpc) is 3.16. The highest BCUT2D eigenvalue weighted by atomic mass is 16.7. The number of benzene rings is 3. The number of carbonyl (C=O) groups excluding carboxylic acids is 1. The molecule has 0 spiro atoms. The van der Waals surface area contributed by atoms with E-state index in [0.29, 0.717) is 13.0 Å². The fourth-order valence-corrected chi connectivity index (χ4v) is 2.91. The molecule has 1 aliphatic heterocycles. The minimum Gasteiger partial charge on any atom is -0.454 e. The Morgan fingerprint density at radius 1 is 0.815 bits per heavy atom. The summed E-state index contributed by atoms with van der Waals surface area (Å²) in [4.78, 5) is 12.1. The average molecular weight is 360 g/mol. The molecule has 3 aromatic carbocycles. The summed E-state index contributed by atoms with van der Waals surface area (Å²) in [5.41, 5.74) is 3.87. The van der Waals surface area contributed by atoms with E-state index in [1.54, 1.807) is 0 Å². The van der Waals surface area contributed by atoms with Gasteiger partial charge in [-0.1, -0.05) is 36.4 Å². The SMILES string of the molecule is O=C(Cc1ccccc1)Nc1ccc(NCc2ccc3c(c2)OCO3)cc1. The molecule has 2 N–H and O–H groups in total. The molecule has 0 saturated heterocycles. The fourth-order valence-electron chi connectivity index (χ4n) is 2.91. The Bertz CT molecular complexity index is 924. The van der Waals surface area contributed by atoms with Gasteiger partial charge in [0.1, 0.15) is 0 Å². The Kier molecular flexibility index (Phi) is 4.92. The van der Waals surface area contributed by atoms with Gasteiger partial charge in [0, 0.05) is 17.9 Å². The van der Waals surface area contributed by atoms with E-state index < -0.39 is 0 Å². The number of hydrogen-bond acceptors (Lipinski definition) is 4. The molecule has 1 heterocycles. The van der Waals surface area contributed by atoms with Crippen LogP contribution in [0.15, 0.2) is 72.8 Å². The van der Waals surface area contributed by atoms with Gasteiger partial charge in [-0.15, -0.1) is 0 Å². The fraction of sp³-hybridized carbons (Fsp3) is 0.136. The van der Waals surface area contributed by atoms with Crippen molar-refractivity contribution in [1.82, 2.24) is 0 Å². The van der Waals surface area contributed by atoms with Gasteiger partial charge in [-0.05, 0) is 47.5 Å². The maximum atomic E-state index is 12.1. The molecule has 136 valence electrons. The summed E-state index contributed by atoms with van der Waals surface area (Å²) >= 11 is 0. The monoisotopic (exact) mass is 360 g/mol. The molecule has 0 bridgehead atoms. The second kappa shape index (κ2) is 7.83. The highest BCUT2D eigenvalue weighted by molar-refractivity contribution is 5.92. The van der Waals surface area contributed by atoms with Gasteiger partial charge >= 0.3 is 0 Å². The summed E-state index contributed by atoms with van der Waals surface area (Å²) < 4.78 is 10.7. The Labute approximate surface area is 157 Å². The summed E-state index contributed by atoms with van der Waals surface area (Å²) in [5.74, 6) is 1.54. The van der Waals surface area contributed by atoms with Crippen molar-refractivity contribution in [2.24, 2.45) is 0 Å². The Balaban J connectivity index is 1.30. The molecule has 27 heavy (non-hydrogen) atoms. The highest BCUT2D eigenvalue weighted by Gasteiger charge is 2.12. The second-order valence-electron chi connectivity index (χ2n) is 6.33. The first-order chi connectivity index (χ1) is 13.3. The van der Waals surface area contributed by atoms with Crippen LogP contribution in [0.3, 0.4) is 0 Å². The molecule has 0 aromatic heterocycles. The third-order valence-electron chi connectivity index (χ3n) is 4.31. The topological polar surface area (TPSA) is 59.6 Å². The molecular weight excluding hydrogens is 340 g/mol. The van der Waals surface area contributed by atoms with Crippen LogP contribution in [-0.4, -0.2) is 12.7 Å². The lowest BCUT2D eigenvalue weighted by Gasteiger charge is -2.09. The number of nitrogens with one attached hydrogen (secondary N) is 2. The van der Waals surface area contributed by atoms with Gasteiger partial charge in [0.05, 0.1) is 6.42 Å². The van der Waals surface area contributed by atoms with Crippen molar-refractivity contribution < 1.29 is 14.3 Å². The van der Waals surface area contributed by atoms with Crippen molar-refractivity contribution >= 4 is 17.3 Å². The largest absolute Gasteiger partial charge is 0.454 e. The Hall–Kier alpha value is -3.47. The van der Waals surface area contributed by atoms with Crippen molar-refractivity contribution in [2.45, 2.75) is 13.0 Å². The van der Waals surface area contributed by atoms with E-state index in [4.69, 9.17) is 9.47 Å². The van der Waals surface area contributed by atoms with Gasteiger partial charge < -0.3 is 20.1 Å². The first kappa shape index (κ1) is 17.0. The molecule has 0 saturated carbocycles. The van der Waals surface area contributed by atoms with Gasteiger partial charge in [-0.3, -0.25) is 4.79 Å². The highest BCUT2D eigenvalue weighted by Crippen LogP contribution is 2.32. The van der Waals surface area contributed by atoms with Crippen molar-refractivity contribution in [2.75, 3.05) is 17.4 Å². The minimum absolute atomic E-state index is 0.0257. The van der Waals surface area contributed by atoms with Gasteiger partial charge in [0.25, 0.3) is 0 Å². The predicted octanol–water partition coefficient (Wildman–Crippen LogP) is 4.21. The lowest BCUT2D eigenvalue weighted by atomic mass is 10.1. The third kappa shape index (κ3) is 4.39. The van der Waals surface area contributed by atoms with E-state index >= 15 is 0 Å². The van der Waals surface area contributed by atoms with Crippen molar-refractivity contribution in [3.8, 4) is 11.5 Å². The van der Waals surface area contributed by atoms with E-state index in [1.165, 1.54) is 0 Å². The number of anilines is 2. The van der Waals surface area contributed by atoms with Crippen molar-refractivity contribution in [1.29, 1.82) is 0 Å². The maximum Gasteiger partial charge on any atom is 0.231 e. The third-order valence-corrected chi connectivity index (χ3v) is 4.31. The van der Waals surface area contributed by atoms with Crippen molar-refractivity contribution in [3.05, 3.63) is 83.9 Å². The molecular formula is C22H20N2O3. The van der Waals surface area contributed by atoms with Crippen LogP contribution in [0, 0.1) is 0 Å². The maximum absolute atomic E-state index is 12.1. The lowest BCUT2D eigenvalue weighted by Crippen LogP contribution is -2.14. The van der Waals surface area contributed by atoms with Crippen LogP contribution in [-0.2, 0) is 17.8 Å². The molecule has 0 fully saturated rings. The predicted molar refractivity (Wildman–Crippen MR) is 105 cm³/mol. The van der Waals surface area contributed by atoms with Gasteiger partial charge in [0.2, 0.25) is 12.7 Å². The number of carbonyl (C=O) groups is 1. The second-order valence-corrected chi connectivity index (χ2v) is 6.33. The van der Waals surface area contributed by atoms with E-state index in [9.17, 15) is 4.79 Å². The molecule has 0 aliphatic carbocycles. The molecule has 0 unspecified atom stereocenters. The summed E-state index contributed by atoms with van der Waals surface area (Å²) in [5, 5.41) is 6.29. The van der Waals surface area contributed by atoms with Gasteiger partial charge in [-0.2, -0.15) is 0 Å². The smallest absolute Gasteiger partial charge is 0.231 e. The molecule has 1 aliphatic rings. The van der Waals surface area contributed by atoms with E-state index in [1.807, 2.05) is 72.8 Å². The minimum atomic E-state index is -0.0257. The molecule has 5 nitrogen and oxygen atoms in total. The normalized spacial score (nSPS) is 11.9. The summed E-state index contributed by atoms with van der Waals surface area (Å²) in [6.07, 6.45) is 0.366. The van der Waals surface area contributed by atoms with Crippen LogP contribution in [0.25, 0.3) is 0 Å². The van der Waals surface area contributed by atoms with E-state index in [-0.39, 0.29) is 12.7 Å². The Morgan fingerprint density at radius 2 is 1.56 bits per heavy atom. The molecule has 1 amide bonds. The zero-order valence-electron chi connectivity index (χ0n) is 14.8. The van der Waals surface area contributed by atoms with Crippen LogP contribution in [0.4, 0.5) is 11.4 Å². The molecule has 5 heteroatoms. The number of hydrogen-bond donors (Lipinski definition) is 2. The number of rotatable bonds is 6. The zero-order chi connectivity index (χ0) is 18.5. The zero-order valence-corrected chi connectivity index (χ0v) is 14.8. The lowest BCUT2D eigenvalue weighted by molar-refractivity contribution is -0.115. The van der Waals surface area contributed by atoms with Crippen LogP contribution in [0.1, 0.15) is 11.1 Å². The van der Waals surface area contributed by atoms with Crippen LogP contribution in [0.2, 0.25) is 0 Å². The quantitative estimate of drug-likeness (QED) is 0.691. The summed E-state index contributed by atoms with van der Waals surface area (Å²) in [6, 6.07) is 23.3. The first-order valence-electron chi connectivity index (χ1n) is 8.82. The standard InChI is InChI=1S/C22H20N2O3/c25-22(13-16-4-2-1-3-5-16)24-19-9-7-18(8-10-19)23-14-17-6-11-20-21(12-17)27-15-26-20/h1-12,23H,13-15H2,(H,24,25). The Morgan fingerprint density at radius 3 is 2.37 bits per heavy atom. The van der Waals surface area contributed by atoms with Gasteiger partial charge in [-0.25, -0.2) is 0 Å². The van der Waals surface area contributed by atoms with E-state index in [2.05, 4.69) is 10.6 Å². The van der Waals surface area contributed by atoms with E-state index in [0.717, 1.165) is 34.0 Å². The van der Waals surface area contributed by atoms with Crippen LogP contribution in [0.5, 0.6) is 11.5 Å². The number of fused-ring (bicyclic) bond motifs is 1. The van der Waals surface area contributed by atoms with Gasteiger partial charge in [0.15, 0.2) is 11.5 Å².